The minimum absolute atomic E-state index is 0.212. The molecule has 0 aliphatic rings. The molecule has 0 aromatic rings. The molecule has 0 radical (unpaired) electrons. The van der Waals surface area contributed by atoms with E-state index in [1.54, 1.807) is 0 Å². The highest BCUT2D eigenvalue weighted by atomic mass is 16.5. The average molecular weight is 707 g/mol. The summed E-state index contributed by atoms with van der Waals surface area (Å²) in [6.45, 7) is 12.0. The standard InChI is InChI=1S/C45H90N2O3/c1-6-8-10-12-14-15-16-17-18-19-20-21-22-24-28-32-40-49-42-38-47(45(48)36-37-46(4)5)39-43-50-41-33-29-25-23-27-31-35-44(3)34-30-26-13-11-9-7-2/h17-18,44H,6-16,19-43H2,1-5H3/b18-17-. The first kappa shape index (κ1) is 49.1. The summed E-state index contributed by atoms with van der Waals surface area (Å²) in [5, 5.41) is 0. The van der Waals surface area contributed by atoms with Gasteiger partial charge in [0.25, 0.3) is 0 Å². The van der Waals surface area contributed by atoms with Gasteiger partial charge in [-0.3, -0.25) is 4.79 Å². The predicted molar refractivity (Wildman–Crippen MR) is 220 cm³/mol. The molecule has 5 heteroatoms. The van der Waals surface area contributed by atoms with Gasteiger partial charge >= 0.3 is 0 Å². The van der Waals surface area contributed by atoms with Crippen LogP contribution >= 0.6 is 0 Å². The number of amides is 1. The van der Waals surface area contributed by atoms with Crippen LogP contribution in [0.1, 0.15) is 207 Å². The van der Waals surface area contributed by atoms with Crippen molar-refractivity contribution in [2.45, 2.75) is 207 Å². The van der Waals surface area contributed by atoms with Crippen molar-refractivity contribution in [1.29, 1.82) is 0 Å². The van der Waals surface area contributed by atoms with Gasteiger partial charge in [-0.15, -0.1) is 0 Å². The fraction of sp³-hybridized carbons (Fsp3) is 0.933. The quantitative estimate of drug-likeness (QED) is 0.0469. The van der Waals surface area contributed by atoms with Gasteiger partial charge in [0.2, 0.25) is 5.91 Å². The summed E-state index contributed by atoms with van der Waals surface area (Å²) in [7, 11) is 4.05. The number of hydrogen-bond donors (Lipinski definition) is 0. The Kier molecular flexibility index (Phi) is 40.1. The maximum atomic E-state index is 12.9. The summed E-state index contributed by atoms with van der Waals surface area (Å²) < 4.78 is 11.9. The summed E-state index contributed by atoms with van der Waals surface area (Å²) in [6, 6.07) is 0. The zero-order chi connectivity index (χ0) is 36.6. The number of allylic oxidation sites excluding steroid dienone is 2. The topological polar surface area (TPSA) is 42.0 Å². The smallest absolute Gasteiger partial charge is 0.224 e. The summed E-state index contributed by atoms with van der Waals surface area (Å²) in [4.78, 5) is 16.9. The third-order valence-corrected chi connectivity index (χ3v) is 10.2. The number of rotatable bonds is 41. The highest BCUT2D eigenvalue weighted by molar-refractivity contribution is 5.76. The molecule has 0 bridgehead atoms. The van der Waals surface area contributed by atoms with Crippen LogP contribution in [0.15, 0.2) is 12.2 Å². The Morgan fingerprint density at radius 2 is 0.880 bits per heavy atom. The first-order valence-corrected chi connectivity index (χ1v) is 22.2. The molecule has 298 valence electrons. The fourth-order valence-electron chi connectivity index (χ4n) is 6.67. The lowest BCUT2D eigenvalue weighted by Gasteiger charge is -2.23. The van der Waals surface area contributed by atoms with Crippen LogP contribution < -0.4 is 0 Å². The van der Waals surface area contributed by atoms with E-state index in [9.17, 15) is 4.79 Å². The van der Waals surface area contributed by atoms with E-state index in [0.717, 1.165) is 38.5 Å². The number of nitrogens with zero attached hydrogens (tertiary/aromatic N) is 2. The first-order valence-electron chi connectivity index (χ1n) is 22.2. The van der Waals surface area contributed by atoms with Crippen molar-refractivity contribution < 1.29 is 14.3 Å². The molecule has 1 atom stereocenters. The van der Waals surface area contributed by atoms with Gasteiger partial charge in [0.15, 0.2) is 0 Å². The number of ether oxygens (including phenoxy) is 2. The lowest BCUT2D eigenvalue weighted by molar-refractivity contribution is -0.133. The van der Waals surface area contributed by atoms with Crippen LogP contribution in [0.4, 0.5) is 0 Å². The number of carbonyl (C=O) groups is 1. The number of carbonyl (C=O) groups excluding carboxylic acids is 1. The molecule has 5 nitrogen and oxygen atoms in total. The molecule has 0 saturated carbocycles. The average Bonchev–Trinajstić information content (AvgIpc) is 3.11. The van der Waals surface area contributed by atoms with Crippen molar-refractivity contribution in [1.82, 2.24) is 9.80 Å². The molecule has 0 aromatic heterocycles. The largest absolute Gasteiger partial charge is 0.380 e. The molecular formula is C45H90N2O3. The van der Waals surface area contributed by atoms with E-state index in [0.29, 0.717) is 32.7 Å². The van der Waals surface area contributed by atoms with Crippen molar-refractivity contribution in [3.63, 3.8) is 0 Å². The van der Waals surface area contributed by atoms with E-state index in [4.69, 9.17) is 9.47 Å². The summed E-state index contributed by atoms with van der Waals surface area (Å²) in [6.07, 6.45) is 43.0. The van der Waals surface area contributed by atoms with E-state index in [-0.39, 0.29) is 5.91 Å². The molecule has 1 unspecified atom stereocenters. The molecule has 0 aliphatic carbocycles. The molecule has 0 aromatic carbocycles. The second-order valence-electron chi connectivity index (χ2n) is 15.7. The van der Waals surface area contributed by atoms with Crippen LogP contribution in [-0.4, -0.2) is 75.9 Å². The van der Waals surface area contributed by atoms with E-state index in [1.165, 1.54) is 167 Å². The highest BCUT2D eigenvalue weighted by Crippen LogP contribution is 2.18. The Morgan fingerprint density at radius 1 is 0.500 bits per heavy atom. The van der Waals surface area contributed by atoms with Gasteiger partial charge in [-0.05, 0) is 58.5 Å². The summed E-state index contributed by atoms with van der Waals surface area (Å²) in [5.74, 6) is 1.11. The summed E-state index contributed by atoms with van der Waals surface area (Å²) >= 11 is 0. The molecule has 0 heterocycles. The Hall–Kier alpha value is -0.910. The fourth-order valence-corrected chi connectivity index (χ4v) is 6.67. The van der Waals surface area contributed by atoms with Crippen molar-refractivity contribution in [2.24, 2.45) is 5.92 Å². The minimum Gasteiger partial charge on any atom is -0.380 e. The van der Waals surface area contributed by atoms with Gasteiger partial charge in [0.05, 0.1) is 13.2 Å². The molecule has 0 spiro atoms. The maximum absolute atomic E-state index is 12.9. The molecule has 0 rings (SSSR count). The molecule has 0 fully saturated rings. The normalized spacial score (nSPS) is 12.4. The number of unbranched alkanes of at least 4 members (excludes halogenated alkanes) is 22. The minimum atomic E-state index is 0.212. The van der Waals surface area contributed by atoms with Crippen LogP contribution in [0.3, 0.4) is 0 Å². The predicted octanol–water partition coefficient (Wildman–Crippen LogP) is 13.0. The Morgan fingerprint density at radius 3 is 1.30 bits per heavy atom. The number of hydrogen-bond acceptors (Lipinski definition) is 4. The van der Waals surface area contributed by atoms with Gasteiger partial charge < -0.3 is 19.3 Å². The van der Waals surface area contributed by atoms with Crippen LogP contribution in [0.2, 0.25) is 0 Å². The van der Waals surface area contributed by atoms with Crippen LogP contribution in [-0.2, 0) is 14.3 Å². The van der Waals surface area contributed by atoms with Gasteiger partial charge in [0, 0.05) is 39.3 Å². The third kappa shape index (κ3) is 38.3. The van der Waals surface area contributed by atoms with E-state index in [1.807, 2.05) is 19.0 Å². The SMILES string of the molecule is CCCCCCCC/C=C\CCCCCCCCOCCN(CCOCCCCCCCCC(C)CCCCCCCC)C(=O)CCN(C)C. The van der Waals surface area contributed by atoms with Gasteiger partial charge in [-0.25, -0.2) is 0 Å². The summed E-state index contributed by atoms with van der Waals surface area (Å²) in [5.41, 5.74) is 0. The lowest BCUT2D eigenvalue weighted by Crippen LogP contribution is -2.38. The molecule has 0 N–H and O–H groups in total. The maximum Gasteiger partial charge on any atom is 0.224 e. The van der Waals surface area contributed by atoms with Crippen molar-refractivity contribution >= 4 is 5.91 Å². The van der Waals surface area contributed by atoms with Gasteiger partial charge in [-0.1, -0.05) is 174 Å². The van der Waals surface area contributed by atoms with Crippen LogP contribution in [0, 0.1) is 5.92 Å². The van der Waals surface area contributed by atoms with E-state index >= 15 is 0 Å². The molecule has 0 saturated heterocycles. The Bertz CT molecular complexity index is 698. The van der Waals surface area contributed by atoms with Crippen molar-refractivity contribution in [3.05, 3.63) is 12.2 Å². The second-order valence-corrected chi connectivity index (χ2v) is 15.7. The molecule has 50 heavy (non-hydrogen) atoms. The van der Waals surface area contributed by atoms with Crippen molar-refractivity contribution in [3.8, 4) is 0 Å². The molecule has 1 amide bonds. The highest BCUT2D eigenvalue weighted by Gasteiger charge is 2.13. The Balaban J connectivity index is 3.79. The van der Waals surface area contributed by atoms with E-state index in [2.05, 4.69) is 37.8 Å². The monoisotopic (exact) mass is 707 g/mol. The van der Waals surface area contributed by atoms with Gasteiger partial charge in [-0.2, -0.15) is 0 Å². The lowest BCUT2D eigenvalue weighted by atomic mass is 9.96. The molecular weight excluding hydrogens is 617 g/mol. The van der Waals surface area contributed by atoms with E-state index < -0.39 is 0 Å². The third-order valence-electron chi connectivity index (χ3n) is 10.2. The first-order chi connectivity index (χ1) is 24.5. The molecule has 0 aliphatic heterocycles. The van der Waals surface area contributed by atoms with Crippen LogP contribution in [0.25, 0.3) is 0 Å². The second kappa shape index (κ2) is 40.9. The Labute approximate surface area is 314 Å². The van der Waals surface area contributed by atoms with Crippen LogP contribution in [0.5, 0.6) is 0 Å². The van der Waals surface area contributed by atoms with Crippen molar-refractivity contribution in [2.75, 3.05) is 60.2 Å². The zero-order valence-corrected chi connectivity index (χ0v) is 34.8. The van der Waals surface area contributed by atoms with Gasteiger partial charge in [0.1, 0.15) is 0 Å². The zero-order valence-electron chi connectivity index (χ0n) is 34.8.